The van der Waals surface area contributed by atoms with Gasteiger partial charge in [-0.05, 0) is 24.8 Å². The highest BCUT2D eigenvalue weighted by molar-refractivity contribution is 9.08. The number of alkyl halides is 1. The van der Waals surface area contributed by atoms with Crippen LogP contribution in [0.15, 0.2) is 24.3 Å². The van der Waals surface area contributed by atoms with Crippen LogP contribution in [0, 0.1) is 0 Å². The monoisotopic (exact) mass is 282 g/mol. The summed E-state index contributed by atoms with van der Waals surface area (Å²) >= 11 is 3.49. The molecule has 0 N–H and O–H groups in total. The molecule has 1 aromatic rings. The Bertz CT molecular complexity index is 325. The minimum absolute atomic E-state index is 0.958. The van der Waals surface area contributed by atoms with Crippen molar-refractivity contribution in [2.45, 2.75) is 31.1 Å². The maximum Gasteiger partial charge on any atom is 0.104 e. The largest absolute Gasteiger partial charge is 0.322 e. The summed E-state index contributed by atoms with van der Waals surface area (Å²) in [4.78, 5) is 0. The van der Waals surface area contributed by atoms with Gasteiger partial charge >= 0.3 is 0 Å². The second-order valence-electron chi connectivity index (χ2n) is 5.24. The summed E-state index contributed by atoms with van der Waals surface area (Å²) in [5.41, 5.74) is 2.85. The van der Waals surface area contributed by atoms with Crippen molar-refractivity contribution < 1.29 is 4.48 Å². The molecular weight excluding hydrogens is 262 g/mol. The van der Waals surface area contributed by atoms with Gasteiger partial charge in [0.25, 0.3) is 0 Å². The Balaban J connectivity index is 2.01. The number of quaternary nitrogens is 1. The molecule has 0 aliphatic carbocycles. The van der Waals surface area contributed by atoms with Gasteiger partial charge in [-0.3, -0.25) is 0 Å². The minimum atomic E-state index is 0.958. The molecular formula is C14H21BrN+. The smallest absolute Gasteiger partial charge is 0.104 e. The van der Waals surface area contributed by atoms with Crippen LogP contribution in [0.2, 0.25) is 0 Å². The zero-order valence-electron chi connectivity index (χ0n) is 10.1. The molecule has 1 fully saturated rings. The van der Waals surface area contributed by atoms with Crippen molar-refractivity contribution in [3.63, 3.8) is 0 Å². The van der Waals surface area contributed by atoms with Gasteiger partial charge in [0.2, 0.25) is 0 Å². The molecule has 1 aliphatic heterocycles. The molecule has 0 spiro atoms. The molecule has 0 radical (unpaired) electrons. The quantitative estimate of drug-likeness (QED) is 0.586. The maximum atomic E-state index is 3.49. The lowest BCUT2D eigenvalue weighted by Gasteiger charge is -2.37. The topological polar surface area (TPSA) is 0 Å². The van der Waals surface area contributed by atoms with E-state index in [1.54, 1.807) is 0 Å². The van der Waals surface area contributed by atoms with Crippen LogP contribution in [-0.2, 0) is 11.9 Å². The molecule has 88 valence electrons. The molecule has 0 saturated carbocycles. The van der Waals surface area contributed by atoms with Gasteiger partial charge in [-0.15, -0.1) is 0 Å². The molecule has 1 saturated heterocycles. The highest BCUT2D eigenvalue weighted by atomic mass is 79.9. The van der Waals surface area contributed by atoms with Gasteiger partial charge in [0.1, 0.15) is 6.54 Å². The molecule has 2 heteroatoms. The van der Waals surface area contributed by atoms with Crippen molar-refractivity contribution >= 4 is 15.9 Å². The van der Waals surface area contributed by atoms with E-state index in [2.05, 4.69) is 47.2 Å². The molecule has 1 heterocycles. The predicted octanol–water partition coefficient (Wildman–Crippen LogP) is 3.71. The highest BCUT2D eigenvalue weighted by Crippen LogP contribution is 2.20. The molecule has 1 nitrogen and oxygen atoms in total. The summed E-state index contributed by atoms with van der Waals surface area (Å²) in [6.07, 6.45) is 4.22. The molecule has 16 heavy (non-hydrogen) atoms. The number of benzene rings is 1. The van der Waals surface area contributed by atoms with Gasteiger partial charge < -0.3 is 4.48 Å². The Labute approximate surface area is 107 Å². The van der Waals surface area contributed by atoms with E-state index in [0.29, 0.717) is 0 Å². The summed E-state index contributed by atoms with van der Waals surface area (Å²) in [6, 6.07) is 9.05. The van der Waals surface area contributed by atoms with Crippen molar-refractivity contribution in [2.75, 3.05) is 20.1 Å². The Hall–Kier alpha value is -0.340. The van der Waals surface area contributed by atoms with Crippen LogP contribution < -0.4 is 0 Å². The Kier molecular flexibility index (Phi) is 4.04. The Morgan fingerprint density at radius 1 is 1.00 bits per heavy atom. The van der Waals surface area contributed by atoms with Crippen molar-refractivity contribution in [1.29, 1.82) is 0 Å². The van der Waals surface area contributed by atoms with E-state index in [1.807, 2.05) is 0 Å². The number of hydrogen-bond acceptors (Lipinski definition) is 0. The van der Waals surface area contributed by atoms with Gasteiger partial charge in [-0.1, -0.05) is 40.2 Å². The van der Waals surface area contributed by atoms with Crippen LogP contribution in [0.3, 0.4) is 0 Å². The van der Waals surface area contributed by atoms with Crippen LogP contribution in [0.1, 0.15) is 30.4 Å². The highest BCUT2D eigenvalue weighted by Gasteiger charge is 2.24. The predicted molar refractivity (Wildman–Crippen MR) is 72.5 cm³/mol. The third kappa shape index (κ3) is 3.08. The lowest BCUT2D eigenvalue weighted by Crippen LogP contribution is -2.46. The van der Waals surface area contributed by atoms with E-state index < -0.39 is 0 Å². The first-order valence-corrected chi connectivity index (χ1v) is 7.31. The molecule has 0 aromatic heterocycles. The molecule has 0 atom stereocenters. The van der Waals surface area contributed by atoms with Crippen LogP contribution in [-0.4, -0.2) is 24.6 Å². The first kappa shape index (κ1) is 12.1. The number of hydrogen-bond donors (Lipinski definition) is 0. The number of rotatable bonds is 3. The van der Waals surface area contributed by atoms with E-state index in [4.69, 9.17) is 0 Å². The minimum Gasteiger partial charge on any atom is -0.322 e. The van der Waals surface area contributed by atoms with E-state index in [0.717, 1.165) is 5.33 Å². The molecule has 2 rings (SSSR count). The second kappa shape index (κ2) is 5.33. The van der Waals surface area contributed by atoms with Crippen molar-refractivity contribution in [1.82, 2.24) is 0 Å². The zero-order valence-corrected chi connectivity index (χ0v) is 11.7. The SMILES string of the molecule is C[N+]1(Cc2ccc(CBr)cc2)CCCCC1. The summed E-state index contributed by atoms with van der Waals surface area (Å²) in [6.45, 7) is 3.89. The summed E-state index contributed by atoms with van der Waals surface area (Å²) < 4.78 is 1.23. The van der Waals surface area contributed by atoms with Crippen molar-refractivity contribution in [3.8, 4) is 0 Å². The lowest BCUT2D eigenvalue weighted by atomic mass is 10.1. The van der Waals surface area contributed by atoms with Gasteiger partial charge in [-0.2, -0.15) is 0 Å². The summed E-state index contributed by atoms with van der Waals surface area (Å²) in [7, 11) is 2.40. The Morgan fingerprint density at radius 3 is 2.12 bits per heavy atom. The fourth-order valence-electron chi connectivity index (χ4n) is 2.61. The van der Waals surface area contributed by atoms with E-state index in [9.17, 15) is 0 Å². The van der Waals surface area contributed by atoms with Gasteiger partial charge in [0.05, 0.1) is 20.1 Å². The first-order valence-electron chi connectivity index (χ1n) is 6.19. The normalized spacial score (nSPS) is 19.6. The molecule has 0 unspecified atom stereocenters. The van der Waals surface area contributed by atoms with Gasteiger partial charge in [0, 0.05) is 10.9 Å². The average molecular weight is 283 g/mol. The molecule has 1 aromatic carbocycles. The van der Waals surface area contributed by atoms with Crippen molar-refractivity contribution in [2.24, 2.45) is 0 Å². The van der Waals surface area contributed by atoms with Crippen molar-refractivity contribution in [3.05, 3.63) is 35.4 Å². The fourth-order valence-corrected chi connectivity index (χ4v) is 2.98. The summed E-state index contributed by atoms with van der Waals surface area (Å²) in [5, 5.41) is 0.958. The first-order chi connectivity index (χ1) is 7.72. The standard InChI is InChI=1S/C14H21BrN/c1-16(9-3-2-4-10-16)12-14-7-5-13(11-15)6-8-14/h5-8H,2-4,9-12H2,1H3/q+1. The van der Waals surface area contributed by atoms with Gasteiger partial charge in [-0.25, -0.2) is 0 Å². The molecule has 0 amide bonds. The zero-order chi connectivity index (χ0) is 11.4. The third-order valence-electron chi connectivity index (χ3n) is 3.64. The number of nitrogens with zero attached hydrogens (tertiary/aromatic N) is 1. The number of halogens is 1. The van der Waals surface area contributed by atoms with Crippen LogP contribution in [0.4, 0.5) is 0 Å². The van der Waals surface area contributed by atoms with E-state index in [-0.39, 0.29) is 0 Å². The Morgan fingerprint density at radius 2 is 1.56 bits per heavy atom. The van der Waals surface area contributed by atoms with Crippen LogP contribution in [0.25, 0.3) is 0 Å². The van der Waals surface area contributed by atoms with E-state index >= 15 is 0 Å². The second-order valence-corrected chi connectivity index (χ2v) is 5.80. The summed E-state index contributed by atoms with van der Waals surface area (Å²) in [5.74, 6) is 0. The lowest BCUT2D eigenvalue weighted by molar-refractivity contribution is -0.926. The average Bonchev–Trinajstić information content (AvgIpc) is 2.30. The molecule has 1 aliphatic rings. The fraction of sp³-hybridized carbons (Fsp3) is 0.571. The maximum absolute atomic E-state index is 3.49. The van der Waals surface area contributed by atoms with Crippen LogP contribution in [0.5, 0.6) is 0 Å². The molecule has 0 bridgehead atoms. The van der Waals surface area contributed by atoms with Crippen LogP contribution >= 0.6 is 15.9 Å². The third-order valence-corrected chi connectivity index (χ3v) is 4.28. The van der Waals surface area contributed by atoms with Gasteiger partial charge in [0.15, 0.2) is 0 Å². The van der Waals surface area contributed by atoms with E-state index in [1.165, 1.54) is 54.5 Å². The number of likely N-dealkylation sites (tertiary alicyclic amines) is 1. The number of piperidine rings is 1.